The number of aromatic nitrogens is 1. The molecule has 2 aliphatic heterocycles. The summed E-state index contributed by atoms with van der Waals surface area (Å²) in [6.45, 7) is 2.94. The lowest BCUT2D eigenvalue weighted by molar-refractivity contribution is -0.120. The number of halogens is 1. The standard InChI is InChI=1S/C17H19N3O3S.ClH/c21-16(11-3-5-18-6-4-11)20-17-19-13(10-24-17)12-1-2-14-15(9-12)23-8-7-22-14;/h1-2,9-11,18H,3-8H2,(H,19,20,21);1H. The Kier molecular flexibility index (Phi) is 5.78. The zero-order chi connectivity index (χ0) is 16.4. The first-order valence-corrected chi connectivity index (χ1v) is 9.05. The van der Waals surface area contributed by atoms with Crippen molar-refractivity contribution in [1.82, 2.24) is 10.3 Å². The number of fused-ring (bicyclic) bond motifs is 1. The number of anilines is 1. The molecule has 0 saturated carbocycles. The van der Waals surface area contributed by atoms with Gasteiger partial charge in [0.1, 0.15) is 13.2 Å². The van der Waals surface area contributed by atoms with E-state index in [4.69, 9.17) is 9.47 Å². The average molecular weight is 382 g/mol. The lowest BCUT2D eigenvalue weighted by Gasteiger charge is -2.21. The van der Waals surface area contributed by atoms with E-state index in [2.05, 4.69) is 15.6 Å². The lowest BCUT2D eigenvalue weighted by atomic mass is 9.97. The number of carbonyl (C=O) groups is 1. The van der Waals surface area contributed by atoms with Crippen LogP contribution in [0.3, 0.4) is 0 Å². The van der Waals surface area contributed by atoms with Crippen molar-refractivity contribution in [3.05, 3.63) is 23.6 Å². The van der Waals surface area contributed by atoms with Gasteiger partial charge in [-0.05, 0) is 44.1 Å². The zero-order valence-corrected chi connectivity index (χ0v) is 15.3. The maximum Gasteiger partial charge on any atom is 0.229 e. The number of hydrogen-bond acceptors (Lipinski definition) is 6. The van der Waals surface area contributed by atoms with Gasteiger partial charge in [-0.25, -0.2) is 4.98 Å². The topological polar surface area (TPSA) is 72.5 Å². The second-order valence-corrected chi connectivity index (χ2v) is 6.77. The van der Waals surface area contributed by atoms with Gasteiger partial charge in [0, 0.05) is 16.9 Å². The highest BCUT2D eigenvalue weighted by Crippen LogP contribution is 2.35. The molecule has 2 aromatic rings. The van der Waals surface area contributed by atoms with Crippen molar-refractivity contribution >= 4 is 34.8 Å². The molecule has 0 atom stereocenters. The molecule has 1 amide bonds. The Hall–Kier alpha value is -1.83. The summed E-state index contributed by atoms with van der Waals surface area (Å²) in [4.78, 5) is 16.8. The number of rotatable bonds is 3. The van der Waals surface area contributed by atoms with Crippen molar-refractivity contribution in [1.29, 1.82) is 0 Å². The van der Waals surface area contributed by atoms with Crippen molar-refractivity contribution in [2.75, 3.05) is 31.6 Å². The van der Waals surface area contributed by atoms with Crippen LogP contribution in [-0.4, -0.2) is 37.2 Å². The summed E-state index contributed by atoms with van der Waals surface area (Å²) in [6, 6.07) is 5.79. The van der Waals surface area contributed by atoms with Gasteiger partial charge in [-0.3, -0.25) is 4.79 Å². The number of piperidine rings is 1. The number of carbonyl (C=O) groups excluding carboxylic acids is 1. The van der Waals surface area contributed by atoms with E-state index in [1.807, 2.05) is 23.6 Å². The Balaban J connectivity index is 0.00000182. The van der Waals surface area contributed by atoms with Gasteiger partial charge >= 0.3 is 0 Å². The van der Waals surface area contributed by atoms with E-state index in [9.17, 15) is 4.79 Å². The molecule has 4 rings (SSSR count). The molecule has 8 heteroatoms. The van der Waals surface area contributed by atoms with Crippen LogP contribution in [0, 0.1) is 5.92 Å². The van der Waals surface area contributed by atoms with Crippen LogP contribution in [0.25, 0.3) is 11.3 Å². The molecule has 0 bridgehead atoms. The summed E-state index contributed by atoms with van der Waals surface area (Å²) in [5.74, 6) is 1.65. The summed E-state index contributed by atoms with van der Waals surface area (Å²) in [7, 11) is 0. The van der Waals surface area contributed by atoms with Gasteiger partial charge in [-0.1, -0.05) is 0 Å². The molecule has 2 aliphatic rings. The molecule has 1 fully saturated rings. The molecule has 25 heavy (non-hydrogen) atoms. The Bertz CT molecular complexity index is 746. The van der Waals surface area contributed by atoms with E-state index < -0.39 is 0 Å². The van der Waals surface area contributed by atoms with E-state index in [1.165, 1.54) is 11.3 Å². The van der Waals surface area contributed by atoms with Crippen LogP contribution in [0.1, 0.15) is 12.8 Å². The third-order valence-corrected chi connectivity index (χ3v) is 5.04. The van der Waals surface area contributed by atoms with Crippen molar-refractivity contribution < 1.29 is 14.3 Å². The third-order valence-electron chi connectivity index (χ3n) is 4.28. The number of amides is 1. The second-order valence-electron chi connectivity index (χ2n) is 5.91. The van der Waals surface area contributed by atoms with Crippen LogP contribution in [-0.2, 0) is 4.79 Å². The Morgan fingerprint density at radius 1 is 1.20 bits per heavy atom. The highest BCUT2D eigenvalue weighted by Gasteiger charge is 2.22. The molecule has 1 saturated heterocycles. The third kappa shape index (κ3) is 4.05. The van der Waals surface area contributed by atoms with Crippen LogP contribution in [0.5, 0.6) is 11.5 Å². The molecule has 1 aromatic carbocycles. The first kappa shape index (κ1) is 18.0. The molecule has 0 unspecified atom stereocenters. The number of thiazole rings is 1. The van der Waals surface area contributed by atoms with Gasteiger partial charge in [0.15, 0.2) is 16.6 Å². The second kappa shape index (κ2) is 8.03. The number of benzene rings is 1. The predicted molar refractivity (Wildman–Crippen MR) is 100 cm³/mol. The largest absolute Gasteiger partial charge is 0.486 e. The van der Waals surface area contributed by atoms with Crippen molar-refractivity contribution in [2.24, 2.45) is 5.92 Å². The smallest absolute Gasteiger partial charge is 0.229 e. The molecule has 0 aliphatic carbocycles. The zero-order valence-electron chi connectivity index (χ0n) is 13.6. The highest BCUT2D eigenvalue weighted by molar-refractivity contribution is 7.14. The van der Waals surface area contributed by atoms with Crippen LogP contribution in [0.2, 0.25) is 0 Å². The summed E-state index contributed by atoms with van der Waals surface area (Å²) in [6.07, 6.45) is 1.76. The van der Waals surface area contributed by atoms with Gasteiger partial charge in [0.05, 0.1) is 5.69 Å². The number of nitrogens with zero attached hydrogens (tertiary/aromatic N) is 1. The fourth-order valence-corrected chi connectivity index (χ4v) is 3.68. The van der Waals surface area contributed by atoms with Crippen molar-refractivity contribution in [3.63, 3.8) is 0 Å². The molecular weight excluding hydrogens is 362 g/mol. The van der Waals surface area contributed by atoms with Crippen LogP contribution in [0.4, 0.5) is 5.13 Å². The lowest BCUT2D eigenvalue weighted by Crippen LogP contribution is -2.34. The molecule has 1 aromatic heterocycles. The maximum absolute atomic E-state index is 12.3. The van der Waals surface area contributed by atoms with Gasteiger partial charge in [-0.2, -0.15) is 0 Å². The first-order valence-electron chi connectivity index (χ1n) is 8.17. The summed E-state index contributed by atoms with van der Waals surface area (Å²) < 4.78 is 11.1. The Labute approximate surface area is 156 Å². The molecule has 6 nitrogen and oxygen atoms in total. The minimum atomic E-state index is 0. The quantitative estimate of drug-likeness (QED) is 0.855. The highest BCUT2D eigenvalue weighted by atomic mass is 35.5. The number of hydrogen-bond donors (Lipinski definition) is 2. The van der Waals surface area contributed by atoms with Crippen molar-refractivity contribution in [2.45, 2.75) is 12.8 Å². The SMILES string of the molecule is Cl.O=C(Nc1nc(-c2ccc3c(c2)OCCO3)cs1)C1CCNCC1. The fourth-order valence-electron chi connectivity index (χ4n) is 2.96. The summed E-state index contributed by atoms with van der Waals surface area (Å²) >= 11 is 1.44. The first-order chi connectivity index (χ1) is 11.8. The van der Waals surface area contributed by atoms with Crippen LogP contribution >= 0.6 is 23.7 Å². The summed E-state index contributed by atoms with van der Waals surface area (Å²) in [5, 5.41) is 8.81. The molecule has 2 N–H and O–H groups in total. The fraction of sp³-hybridized carbons (Fsp3) is 0.412. The molecular formula is C17H20ClN3O3S. The van der Waals surface area contributed by atoms with E-state index in [-0.39, 0.29) is 24.2 Å². The minimum Gasteiger partial charge on any atom is -0.486 e. The van der Waals surface area contributed by atoms with E-state index in [1.54, 1.807) is 0 Å². The van der Waals surface area contributed by atoms with Gasteiger partial charge < -0.3 is 20.1 Å². The van der Waals surface area contributed by atoms with Crippen molar-refractivity contribution in [3.8, 4) is 22.8 Å². The van der Waals surface area contributed by atoms with Gasteiger partial charge in [0.25, 0.3) is 0 Å². The van der Waals surface area contributed by atoms with E-state index in [0.717, 1.165) is 48.7 Å². The Morgan fingerprint density at radius 2 is 1.96 bits per heavy atom. The minimum absolute atomic E-state index is 0. The molecule has 3 heterocycles. The predicted octanol–water partition coefficient (Wildman–Crippen LogP) is 2.94. The summed E-state index contributed by atoms with van der Waals surface area (Å²) in [5.41, 5.74) is 1.79. The molecule has 134 valence electrons. The van der Waals surface area contributed by atoms with Gasteiger partial charge in [0.2, 0.25) is 5.91 Å². The van der Waals surface area contributed by atoms with Crippen LogP contribution in [0.15, 0.2) is 23.6 Å². The number of ether oxygens (including phenoxy) is 2. The van der Waals surface area contributed by atoms with E-state index in [0.29, 0.717) is 18.3 Å². The maximum atomic E-state index is 12.3. The average Bonchev–Trinajstić information content (AvgIpc) is 3.10. The molecule has 0 spiro atoms. The molecule has 0 radical (unpaired) electrons. The van der Waals surface area contributed by atoms with Gasteiger partial charge in [-0.15, -0.1) is 23.7 Å². The normalized spacial score (nSPS) is 16.8. The Morgan fingerprint density at radius 3 is 2.76 bits per heavy atom. The monoisotopic (exact) mass is 381 g/mol. The van der Waals surface area contributed by atoms with E-state index >= 15 is 0 Å². The number of nitrogens with one attached hydrogen (secondary N) is 2. The van der Waals surface area contributed by atoms with Crippen LogP contribution < -0.4 is 20.1 Å².